The maximum absolute atomic E-state index is 12.9. The fourth-order valence-corrected chi connectivity index (χ4v) is 3.56. The summed E-state index contributed by atoms with van der Waals surface area (Å²) in [5, 5.41) is 11.8. The average molecular weight is 406 g/mol. The lowest BCUT2D eigenvalue weighted by molar-refractivity contribution is -0.384. The Bertz CT molecular complexity index is 1130. The fraction of sp³-hybridized carbons (Fsp3) is 0.0909. The Kier molecular flexibility index (Phi) is 5.10. The molecular formula is C22H16ClN3O3. The fourth-order valence-electron chi connectivity index (χ4n) is 3.34. The standard InChI is InChI=1S/C22H16ClN3O3/c23-19-9-5-4-8-17(19)22-18-12-16(26(28)29)10-11-20(18)25(21(27)13-24-22)14-15-6-2-1-3-7-15/h1-12H,13-14H2. The van der Waals surface area contributed by atoms with E-state index in [9.17, 15) is 14.9 Å². The number of nitro benzene ring substituents is 1. The molecule has 0 saturated carbocycles. The number of fused-ring (bicyclic) bond motifs is 1. The molecule has 0 atom stereocenters. The molecule has 0 bridgehead atoms. The van der Waals surface area contributed by atoms with Crippen molar-refractivity contribution in [1.82, 2.24) is 0 Å². The Morgan fingerprint density at radius 2 is 1.72 bits per heavy atom. The minimum atomic E-state index is -0.460. The van der Waals surface area contributed by atoms with Crippen LogP contribution < -0.4 is 4.90 Å². The summed E-state index contributed by atoms with van der Waals surface area (Å²) >= 11 is 6.37. The summed E-state index contributed by atoms with van der Waals surface area (Å²) in [7, 11) is 0. The highest BCUT2D eigenvalue weighted by molar-refractivity contribution is 6.36. The highest BCUT2D eigenvalue weighted by Gasteiger charge is 2.27. The molecule has 1 amide bonds. The SMILES string of the molecule is O=C1CN=C(c2ccccc2Cl)c2cc([N+](=O)[O-])ccc2N1Cc1ccccc1. The number of nitro groups is 1. The van der Waals surface area contributed by atoms with Crippen molar-refractivity contribution in [3.8, 4) is 0 Å². The van der Waals surface area contributed by atoms with Gasteiger partial charge in [-0.3, -0.25) is 19.9 Å². The zero-order valence-corrected chi connectivity index (χ0v) is 16.0. The van der Waals surface area contributed by atoms with Crippen molar-refractivity contribution in [3.05, 3.63) is 105 Å². The Morgan fingerprint density at radius 1 is 1.00 bits per heavy atom. The summed E-state index contributed by atoms with van der Waals surface area (Å²) in [6, 6.07) is 21.2. The molecule has 29 heavy (non-hydrogen) atoms. The third kappa shape index (κ3) is 3.75. The van der Waals surface area contributed by atoms with Gasteiger partial charge in [0, 0.05) is 28.3 Å². The summed E-state index contributed by atoms with van der Waals surface area (Å²) in [6.07, 6.45) is 0. The normalized spacial score (nSPS) is 13.5. The van der Waals surface area contributed by atoms with Crippen LogP contribution >= 0.6 is 11.6 Å². The largest absolute Gasteiger partial charge is 0.306 e. The number of hydrogen-bond donors (Lipinski definition) is 0. The summed E-state index contributed by atoms with van der Waals surface area (Å²) in [5.41, 5.74) is 3.06. The molecule has 6 nitrogen and oxygen atoms in total. The van der Waals surface area contributed by atoms with Crippen LogP contribution in [0.25, 0.3) is 0 Å². The zero-order valence-electron chi connectivity index (χ0n) is 15.3. The van der Waals surface area contributed by atoms with Crippen LogP contribution in [0.15, 0.2) is 77.8 Å². The highest BCUT2D eigenvalue weighted by atomic mass is 35.5. The van der Waals surface area contributed by atoms with Gasteiger partial charge >= 0.3 is 0 Å². The first-order chi connectivity index (χ1) is 14.0. The second-order valence-corrected chi connectivity index (χ2v) is 6.98. The lowest BCUT2D eigenvalue weighted by atomic mass is 9.99. The van der Waals surface area contributed by atoms with Crippen LogP contribution in [0.2, 0.25) is 5.02 Å². The van der Waals surface area contributed by atoms with Gasteiger partial charge in [0.25, 0.3) is 5.69 Å². The molecule has 1 heterocycles. The van der Waals surface area contributed by atoms with E-state index in [2.05, 4.69) is 4.99 Å². The van der Waals surface area contributed by atoms with E-state index < -0.39 is 4.92 Å². The molecule has 0 spiro atoms. The van der Waals surface area contributed by atoms with Crippen molar-refractivity contribution in [1.29, 1.82) is 0 Å². The summed E-state index contributed by atoms with van der Waals surface area (Å²) in [5.74, 6) is -0.189. The van der Waals surface area contributed by atoms with Crippen LogP contribution in [0.5, 0.6) is 0 Å². The topological polar surface area (TPSA) is 75.8 Å². The number of rotatable bonds is 4. The van der Waals surface area contributed by atoms with Crippen LogP contribution in [-0.4, -0.2) is 23.1 Å². The zero-order chi connectivity index (χ0) is 20.4. The lowest BCUT2D eigenvalue weighted by Gasteiger charge is -2.23. The second-order valence-electron chi connectivity index (χ2n) is 6.57. The molecule has 0 unspecified atom stereocenters. The quantitative estimate of drug-likeness (QED) is 0.469. The molecule has 0 fully saturated rings. The van der Waals surface area contributed by atoms with E-state index in [1.54, 1.807) is 29.2 Å². The Morgan fingerprint density at radius 3 is 2.45 bits per heavy atom. The number of aliphatic imine (C=N–C) groups is 1. The molecule has 144 valence electrons. The van der Waals surface area contributed by atoms with Gasteiger partial charge in [0.15, 0.2) is 0 Å². The van der Waals surface area contributed by atoms with Crippen LogP contribution in [0.4, 0.5) is 11.4 Å². The summed E-state index contributed by atoms with van der Waals surface area (Å²) < 4.78 is 0. The Hall–Kier alpha value is -3.51. The van der Waals surface area contributed by atoms with E-state index in [4.69, 9.17) is 11.6 Å². The number of non-ortho nitro benzene ring substituents is 1. The molecule has 1 aliphatic heterocycles. The first-order valence-corrected chi connectivity index (χ1v) is 9.35. The Balaban J connectivity index is 1.89. The van der Waals surface area contributed by atoms with Gasteiger partial charge < -0.3 is 4.90 Å². The van der Waals surface area contributed by atoms with Gasteiger partial charge in [-0.15, -0.1) is 0 Å². The first kappa shape index (κ1) is 18.8. The van der Waals surface area contributed by atoms with E-state index in [0.29, 0.717) is 34.1 Å². The van der Waals surface area contributed by atoms with Crippen molar-refractivity contribution in [2.75, 3.05) is 11.4 Å². The molecule has 0 radical (unpaired) electrons. The number of hydrogen-bond acceptors (Lipinski definition) is 4. The van der Waals surface area contributed by atoms with Gasteiger partial charge in [-0.2, -0.15) is 0 Å². The molecule has 3 aromatic rings. The van der Waals surface area contributed by atoms with Gasteiger partial charge in [-0.25, -0.2) is 0 Å². The molecule has 0 N–H and O–H groups in total. The van der Waals surface area contributed by atoms with Crippen molar-refractivity contribution in [3.63, 3.8) is 0 Å². The number of amides is 1. The Labute approximate surface area is 172 Å². The van der Waals surface area contributed by atoms with Crippen LogP contribution in [0.1, 0.15) is 16.7 Å². The van der Waals surface area contributed by atoms with Crippen molar-refractivity contribution in [2.45, 2.75) is 6.54 Å². The predicted octanol–water partition coefficient (Wildman–Crippen LogP) is 4.63. The van der Waals surface area contributed by atoms with Crippen LogP contribution in [0.3, 0.4) is 0 Å². The van der Waals surface area contributed by atoms with Crippen LogP contribution in [-0.2, 0) is 11.3 Å². The number of nitrogens with zero attached hydrogens (tertiary/aromatic N) is 3. The minimum absolute atomic E-state index is 0.0717. The summed E-state index contributed by atoms with van der Waals surface area (Å²) in [6.45, 7) is 0.270. The van der Waals surface area contributed by atoms with Crippen molar-refractivity contribution < 1.29 is 9.72 Å². The number of carbonyl (C=O) groups is 1. The number of benzodiazepines with no additional fused rings is 1. The van der Waals surface area contributed by atoms with Crippen molar-refractivity contribution in [2.24, 2.45) is 4.99 Å². The van der Waals surface area contributed by atoms with E-state index in [1.807, 2.05) is 36.4 Å². The number of halogens is 1. The molecule has 0 aromatic heterocycles. The number of carbonyl (C=O) groups excluding carboxylic acids is 1. The van der Waals surface area contributed by atoms with E-state index >= 15 is 0 Å². The molecule has 0 aliphatic carbocycles. The monoisotopic (exact) mass is 405 g/mol. The molecular weight excluding hydrogens is 390 g/mol. The molecule has 4 rings (SSSR count). The minimum Gasteiger partial charge on any atom is -0.306 e. The summed E-state index contributed by atoms with van der Waals surface area (Å²) in [4.78, 5) is 29.9. The van der Waals surface area contributed by atoms with Gasteiger partial charge in [-0.05, 0) is 17.7 Å². The first-order valence-electron chi connectivity index (χ1n) is 8.97. The van der Waals surface area contributed by atoms with Crippen LogP contribution in [0, 0.1) is 10.1 Å². The van der Waals surface area contributed by atoms with Gasteiger partial charge in [0.1, 0.15) is 6.54 Å². The molecule has 7 heteroatoms. The number of benzene rings is 3. The lowest BCUT2D eigenvalue weighted by Crippen LogP contribution is -2.31. The van der Waals surface area contributed by atoms with Gasteiger partial charge in [0.2, 0.25) is 5.91 Å². The van der Waals surface area contributed by atoms with Gasteiger partial charge in [-0.1, -0.05) is 60.1 Å². The van der Waals surface area contributed by atoms with E-state index in [0.717, 1.165) is 5.56 Å². The van der Waals surface area contributed by atoms with E-state index in [-0.39, 0.29) is 18.1 Å². The second kappa shape index (κ2) is 7.85. The maximum atomic E-state index is 12.9. The van der Waals surface area contributed by atoms with Crippen molar-refractivity contribution >= 4 is 34.6 Å². The predicted molar refractivity (Wildman–Crippen MR) is 113 cm³/mol. The van der Waals surface area contributed by atoms with E-state index in [1.165, 1.54) is 12.1 Å². The molecule has 0 saturated heterocycles. The third-order valence-electron chi connectivity index (χ3n) is 4.72. The highest BCUT2D eigenvalue weighted by Crippen LogP contribution is 2.33. The maximum Gasteiger partial charge on any atom is 0.270 e. The third-order valence-corrected chi connectivity index (χ3v) is 5.05. The van der Waals surface area contributed by atoms with Gasteiger partial charge in [0.05, 0.1) is 22.9 Å². The number of anilines is 1. The smallest absolute Gasteiger partial charge is 0.270 e. The molecule has 3 aromatic carbocycles. The molecule has 1 aliphatic rings. The average Bonchev–Trinajstić information content (AvgIpc) is 2.86.